The van der Waals surface area contributed by atoms with Crippen molar-refractivity contribution < 1.29 is 43.8 Å². The molecular formula is C40H55N9O9S. The molecular weight excluding hydrogens is 785 g/mol. The number of nitrogens with one attached hydrogen (secondary N) is 6. The van der Waals surface area contributed by atoms with Gasteiger partial charge in [0.25, 0.3) is 0 Å². The number of carboxylic acids is 2. The molecule has 19 heteroatoms. The molecule has 0 unspecified atom stereocenters. The van der Waals surface area contributed by atoms with Crippen LogP contribution in [0.15, 0.2) is 73.2 Å². The molecule has 0 aliphatic rings. The van der Waals surface area contributed by atoms with Crippen LogP contribution in [0, 0.1) is 0 Å². The van der Waals surface area contributed by atoms with Crippen molar-refractivity contribution in [3.8, 4) is 0 Å². The first-order valence-corrected chi connectivity index (χ1v) is 20.7. The fourth-order valence-electron chi connectivity index (χ4n) is 5.98. The van der Waals surface area contributed by atoms with E-state index in [1.165, 1.54) is 24.3 Å². The van der Waals surface area contributed by atoms with Gasteiger partial charge in [-0.2, -0.15) is 11.8 Å². The Hall–Kier alpha value is -5.79. The number of H-pyrrole nitrogens is 1. The number of hydrogen-bond donors (Lipinski definition) is 10. The van der Waals surface area contributed by atoms with Crippen molar-refractivity contribution in [1.82, 2.24) is 36.6 Å². The number of aliphatic carboxylic acids is 2. The Morgan fingerprint density at radius 2 is 1.15 bits per heavy atom. The summed E-state index contributed by atoms with van der Waals surface area (Å²) in [5.41, 5.74) is 13.5. The molecule has 0 saturated heterocycles. The Balaban J connectivity index is 1.89. The first kappa shape index (κ1) is 47.6. The van der Waals surface area contributed by atoms with Gasteiger partial charge in [0.1, 0.15) is 30.2 Å². The molecule has 3 aromatic rings. The summed E-state index contributed by atoms with van der Waals surface area (Å²) in [5, 5.41) is 32.4. The van der Waals surface area contributed by atoms with E-state index in [4.69, 9.17) is 11.5 Å². The van der Waals surface area contributed by atoms with E-state index in [1.807, 2.05) is 6.26 Å². The number of nitrogens with two attached hydrogens (primary N) is 2. The lowest BCUT2D eigenvalue weighted by Gasteiger charge is -2.27. The maximum Gasteiger partial charge on any atom is 0.326 e. The lowest BCUT2D eigenvalue weighted by atomic mass is 10.0. The number of amides is 5. The summed E-state index contributed by atoms with van der Waals surface area (Å²) < 4.78 is 0. The summed E-state index contributed by atoms with van der Waals surface area (Å²) in [6, 6.07) is 9.95. The molecule has 5 amide bonds. The third-order valence-corrected chi connectivity index (χ3v) is 9.90. The Morgan fingerprint density at radius 3 is 1.66 bits per heavy atom. The summed E-state index contributed by atoms with van der Waals surface area (Å²) >= 11 is 1.48. The standard InChI is InChI=1S/C40H55N9O9S/c1-59-19-17-28(42)35(52)45-30(15-16-34(50)51)37(54)48-32(22-27-23-43-24-44-27)39(56)47-31(20-25-10-4-2-5-11-25)38(55)46-29(14-8-9-18-41)36(53)49-33(40(57)58)21-26-12-6-3-7-13-26/h2-7,10-13,23-24,28-33H,8-9,14-22,41-42H2,1H3,(H,43,44)(H,45,52)(H,46,55)(H,47,56)(H,48,54)(H,49,53)(H,50,51)(H,57,58)/t28-,29+,30-,31-,32-,33-/m0/s1/i59+3. The van der Waals surface area contributed by atoms with Gasteiger partial charge in [0.05, 0.1) is 12.4 Å². The van der Waals surface area contributed by atoms with Gasteiger partial charge in [0.2, 0.25) is 29.5 Å². The minimum absolute atomic E-state index is 0.00677. The number of unbranched alkanes of at least 4 members (excludes halogenated alkanes) is 1. The van der Waals surface area contributed by atoms with Crippen LogP contribution in [0.4, 0.5) is 0 Å². The Labute approximate surface area is 346 Å². The average Bonchev–Trinajstić information content (AvgIpc) is 3.74. The molecule has 1 heterocycles. The van der Waals surface area contributed by atoms with Crippen molar-refractivity contribution in [2.24, 2.45) is 11.5 Å². The lowest BCUT2D eigenvalue weighted by molar-refractivity contribution is -0.142. The van der Waals surface area contributed by atoms with Gasteiger partial charge >= 0.3 is 11.9 Å². The Morgan fingerprint density at radius 1 is 0.661 bits per heavy atom. The highest BCUT2D eigenvalue weighted by molar-refractivity contribution is 7.98. The first-order chi connectivity index (χ1) is 28.3. The zero-order chi connectivity index (χ0) is 43.2. The molecule has 3 rings (SSSR count). The van der Waals surface area contributed by atoms with E-state index < -0.39 is 84.1 Å². The van der Waals surface area contributed by atoms with Crippen LogP contribution in [-0.4, -0.2) is 116 Å². The second-order valence-corrected chi connectivity index (χ2v) is 14.9. The highest BCUT2D eigenvalue weighted by Gasteiger charge is 2.33. The number of aromatic amines is 1. The van der Waals surface area contributed by atoms with E-state index in [1.54, 1.807) is 60.7 Å². The van der Waals surface area contributed by atoms with Crippen LogP contribution in [0.25, 0.3) is 0 Å². The van der Waals surface area contributed by atoms with Gasteiger partial charge in [0.15, 0.2) is 0 Å². The molecule has 0 spiro atoms. The number of imidazole rings is 1. The molecule has 18 nitrogen and oxygen atoms in total. The topological polar surface area (TPSA) is 301 Å². The van der Waals surface area contributed by atoms with Crippen LogP contribution >= 0.6 is 11.8 Å². The van der Waals surface area contributed by atoms with Crippen molar-refractivity contribution in [3.05, 3.63) is 90.0 Å². The summed E-state index contributed by atoms with van der Waals surface area (Å²) in [6.07, 6.45) is 5.02. The number of hydrogen-bond acceptors (Lipinski definition) is 11. The third kappa shape index (κ3) is 17.3. The molecule has 0 fully saturated rings. The minimum Gasteiger partial charge on any atom is -0.481 e. The molecule has 12 N–H and O–H groups in total. The predicted octanol–water partition coefficient (Wildman–Crippen LogP) is 0.0204. The van der Waals surface area contributed by atoms with E-state index in [2.05, 4.69) is 36.6 Å². The van der Waals surface area contributed by atoms with Crippen molar-refractivity contribution in [2.45, 2.75) is 94.0 Å². The number of aromatic nitrogens is 2. The quantitative estimate of drug-likeness (QED) is 0.0454. The zero-order valence-corrected chi connectivity index (χ0v) is 33.7. The molecule has 0 saturated carbocycles. The molecule has 0 radical (unpaired) electrons. The van der Waals surface area contributed by atoms with E-state index in [-0.39, 0.29) is 32.1 Å². The maximum absolute atomic E-state index is 14.2. The fraction of sp³-hybridized carbons (Fsp3) is 0.450. The molecule has 0 aliphatic carbocycles. The molecule has 1 aromatic heterocycles. The molecule has 6 atom stereocenters. The van der Waals surface area contributed by atoms with Crippen LogP contribution in [0.2, 0.25) is 0 Å². The van der Waals surface area contributed by atoms with Gasteiger partial charge in [-0.1, -0.05) is 60.7 Å². The maximum atomic E-state index is 14.2. The second-order valence-electron chi connectivity index (χ2n) is 13.9. The normalized spacial score (nSPS) is 14.0. The smallest absolute Gasteiger partial charge is 0.326 e. The van der Waals surface area contributed by atoms with Gasteiger partial charge < -0.3 is 53.2 Å². The van der Waals surface area contributed by atoms with Crippen molar-refractivity contribution in [3.63, 3.8) is 0 Å². The number of thioether (sulfide) groups is 1. The highest BCUT2D eigenvalue weighted by Crippen LogP contribution is 2.11. The third-order valence-electron chi connectivity index (χ3n) is 9.25. The highest BCUT2D eigenvalue weighted by atomic mass is 35.1. The fourth-order valence-corrected chi connectivity index (χ4v) is 6.47. The predicted molar refractivity (Wildman–Crippen MR) is 221 cm³/mol. The van der Waals surface area contributed by atoms with E-state index in [0.29, 0.717) is 48.4 Å². The number of carboxylic acid groups (broad SMARTS) is 2. The van der Waals surface area contributed by atoms with E-state index in [0.717, 1.165) is 0 Å². The van der Waals surface area contributed by atoms with E-state index in [9.17, 15) is 43.8 Å². The van der Waals surface area contributed by atoms with Gasteiger partial charge in [-0.15, -0.1) is 0 Å². The Kier molecular flexibility index (Phi) is 20.6. The largest absolute Gasteiger partial charge is 0.481 e. The lowest BCUT2D eigenvalue weighted by Crippen LogP contribution is -2.60. The minimum atomic E-state index is -1.37. The number of carbonyl (C=O) groups is 7. The van der Waals surface area contributed by atoms with Gasteiger partial charge in [0, 0.05) is 37.6 Å². The average molecular weight is 841 g/mol. The number of benzene rings is 2. The van der Waals surface area contributed by atoms with Gasteiger partial charge in [-0.3, -0.25) is 28.8 Å². The van der Waals surface area contributed by atoms with Gasteiger partial charge in [-0.05, 0) is 61.8 Å². The van der Waals surface area contributed by atoms with Crippen LogP contribution in [0.1, 0.15) is 55.3 Å². The monoisotopic (exact) mass is 840 g/mol. The second kappa shape index (κ2) is 25.5. The zero-order valence-electron chi connectivity index (χ0n) is 32.9. The summed E-state index contributed by atoms with van der Waals surface area (Å²) in [5.74, 6) is -5.76. The summed E-state index contributed by atoms with van der Waals surface area (Å²) in [7, 11) is 0. The number of carbonyl (C=O) groups excluding carboxylic acids is 5. The SMILES string of the molecule is C[35S]CC[C@H](N)C(=O)N[C@@H](CCC(=O)O)C(=O)N[C@@H](Cc1cnc[nH]1)C(=O)N[C@@H](Cc1ccccc1)C(=O)N[C@H](CCCCN)C(=O)N[C@@H](Cc1ccccc1)C(=O)O. The molecule has 59 heavy (non-hydrogen) atoms. The number of nitrogens with zero attached hydrogens (tertiary/aromatic N) is 1. The van der Waals surface area contributed by atoms with Crippen LogP contribution in [0.5, 0.6) is 0 Å². The van der Waals surface area contributed by atoms with Gasteiger partial charge in [-0.25, -0.2) is 9.78 Å². The van der Waals surface area contributed by atoms with Crippen molar-refractivity contribution >= 4 is 53.2 Å². The first-order valence-electron chi connectivity index (χ1n) is 19.3. The van der Waals surface area contributed by atoms with Crippen LogP contribution in [-0.2, 0) is 52.8 Å². The van der Waals surface area contributed by atoms with Crippen LogP contribution in [0.3, 0.4) is 0 Å². The molecule has 0 aliphatic heterocycles. The summed E-state index contributed by atoms with van der Waals surface area (Å²) in [6.45, 7) is 0.315. The van der Waals surface area contributed by atoms with E-state index >= 15 is 0 Å². The molecule has 320 valence electrons. The van der Waals surface area contributed by atoms with Crippen molar-refractivity contribution in [2.75, 3.05) is 18.6 Å². The molecule has 0 bridgehead atoms. The van der Waals surface area contributed by atoms with Crippen molar-refractivity contribution in [1.29, 1.82) is 0 Å². The van der Waals surface area contributed by atoms with Crippen LogP contribution < -0.4 is 38.1 Å². The Bertz CT molecular complexity index is 1800. The summed E-state index contributed by atoms with van der Waals surface area (Å²) in [4.78, 5) is 99.2. The molecule has 2 aromatic carbocycles. The number of rotatable bonds is 27.